The second-order valence-electron chi connectivity index (χ2n) is 13.2. The van der Waals surface area contributed by atoms with Gasteiger partial charge in [-0.25, -0.2) is 15.0 Å². The summed E-state index contributed by atoms with van der Waals surface area (Å²) in [6, 6.07) is 65.3. The molecule has 10 aromatic rings. The molecule has 0 radical (unpaired) electrons. The van der Waals surface area contributed by atoms with Gasteiger partial charge in [-0.15, -0.1) is 0 Å². The number of para-hydroxylation sites is 1. The van der Waals surface area contributed by atoms with Gasteiger partial charge in [0.25, 0.3) is 0 Å². The van der Waals surface area contributed by atoms with Crippen LogP contribution in [-0.2, 0) is 0 Å². The van der Waals surface area contributed by atoms with Gasteiger partial charge in [0, 0.05) is 33.0 Å². The van der Waals surface area contributed by atoms with Crippen molar-refractivity contribution in [1.29, 1.82) is 0 Å². The van der Waals surface area contributed by atoms with Gasteiger partial charge in [0.2, 0.25) is 0 Å². The van der Waals surface area contributed by atoms with Crippen LogP contribution in [0.4, 0.5) is 0 Å². The molecule has 0 amide bonds. The fourth-order valence-corrected chi connectivity index (χ4v) is 7.31. The third-order valence-corrected chi connectivity index (χ3v) is 9.95. The lowest BCUT2D eigenvalue weighted by atomic mass is 9.89. The number of furan rings is 1. The molecular weight excluding hydrogens is 647 g/mol. The van der Waals surface area contributed by atoms with Crippen LogP contribution in [0.2, 0.25) is 0 Å². The summed E-state index contributed by atoms with van der Waals surface area (Å²) in [6.45, 7) is 0. The largest absolute Gasteiger partial charge is 0.456 e. The zero-order valence-corrected chi connectivity index (χ0v) is 28.6. The van der Waals surface area contributed by atoms with Crippen LogP contribution in [0.15, 0.2) is 192 Å². The maximum Gasteiger partial charge on any atom is 0.164 e. The number of aromatic nitrogens is 3. The molecule has 2 heterocycles. The second kappa shape index (κ2) is 12.9. The number of hydrogen-bond donors (Lipinski definition) is 0. The van der Waals surface area contributed by atoms with Crippen LogP contribution in [0.3, 0.4) is 0 Å². The van der Waals surface area contributed by atoms with Gasteiger partial charge in [-0.3, -0.25) is 0 Å². The quantitative estimate of drug-likeness (QED) is 0.176. The Morgan fingerprint density at radius 1 is 0.302 bits per heavy atom. The van der Waals surface area contributed by atoms with Gasteiger partial charge in [0.15, 0.2) is 17.5 Å². The summed E-state index contributed by atoms with van der Waals surface area (Å²) in [5.74, 6) is 1.81. The molecule has 4 heteroatoms. The molecule has 53 heavy (non-hydrogen) atoms. The first-order chi connectivity index (χ1) is 26.2. The van der Waals surface area contributed by atoms with Crippen molar-refractivity contribution in [3.8, 4) is 67.5 Å². The molecule has 0 atom stereocenters. The van der Waals surface area contributed by atoms with Crippen LogP contribution in [0.1, 0.15) is 0 Å². The fraction of sp³-hybridized carbons (Fsp3) is 0. The number of fused-ring (bicyclic) bond motifs is 4. The topological polar surface area (TPSA) is 51.8 Å². The highest BCUT2D eigenvalue weighted by atomic mass is 16.3. The summed E-state index contributed by atoms with van der Waals surface area (Å²) in [4.78, 5) is 15.6. The van der Waals surface area contributed by atoms with Crippen LogP contribution in [0.5, 0.6) is 0 Å². The highest BCUT2D eigenvalue weighted by Crippen LogP contribution is 2.41. The van der Waals surface area contributed by atoms with Crippen molar-refractivity contribution in [1.82, 2.24) is 15.0 Å². The van der Waals surface area contributed by atoms with Gasteiger partial charge < -0.3 is 4.42 Å². The zero-order valence-electron chi connectivity index (χ0n) is 28.6. The van der Waals surface area contributed by atoms with Gasteiger partial charge >= 0.3 is 0 Å². The minimum Gasteiger partial charge on any atom is -0.456 e. The first-order valence-corrected chi connectivity index (χ1v) is 17.8. The third kappa shape index (κ3) is 5.63. The van der Waals surface area contributed by atoms with E-state index in [9.17, 15) is 0 Å². The second-order valence-corrected chi connectivity index (χ2v) is 13.2. The average molecular weight is 678 g/mol. The van der Waals surface area contributed by atoms with Crippen molar-refractivity contribution < 1.29 is 4.42 Å². The molecule has 248 valence electrons. The van der Waals surface area contributed by atoms with E-state index in [4.69, 9.17) is 19.4 Å². The summed E-state index contributed by atoms with van der Waals surface area (Å²) in [5.41, 5.74) is 11.1. The van der Waals surface area contributed by atoms with E-state index in [1.807, 2.05) is 36.4 Å². The molecule has 0 saturated carbocycles. The Bertz CT molecular complexity index is 2930. The Labute approximate surface area is 306 Å². The molecule has 0 bridgehead atoms. The van der Waals surface area contributed by atoms with E-state index in [2.05, 4.69) is 152 Å². The maximum absolute atomic E-state index is 6.17. The highest BCUT2D eigenvalue weighted by molar-refractivity contribution is 6.06. The number of rotatable bonds is 6. The predicted octanol–water partition coefficient (Wildman–Crippen LogP) is 12.9. The Kier molecular flexibility index (Phi) is 7.43. The monoisotopic (exact) mass is 677 g/mol. The molecule has 0 saturated heterocycles. The zero-order chi connectivity index (χ0) is 35.1. The van der Waals surface area contributed by atoms with Gasteiger partial charge in [0.05, 0.1) is 0 Å². The molecule has 4 nitrogen and oxygen atoms in total. The SMILES string of the molecule is c1ccc(-c2ccc(-c3nc(-c4ccc5oc6ccccc6c5c4)nc(-c4cccc(-c5ccc6ccccc6c5)c4-c4ccccc4)n3)cc2)cc1. The van der Waals surface area contributed by atoms with E-state index < -0.39 is 0 Å². The summed E-state index contributed by atoms with van der Waals surface area (Å²) in [6.07, 6.45) is 0. The lowest BCUT2D eigenvalue weighted by Gasteiger charge is -2.17. The van der Waals surface area contributed by atoms with Crippen molar-refractivity contribution in [2.75, 3.05) is 0 Å². The molecule has 0 aliphatic heterocycles. The van der Waals surface area contributed by atoms with E-state index >= 15 is 0 Å². The van der Waals surface area contributed by atoms with Crippen molar-refractivity contribution in [2.45, 2.75) is 0 Å². The fourth-order valence-electron chi connectivity index (χ4n) is 7.31. The van der Waals surface area contributed by atoms with Crippen LogP contribution in [0.25, 0.3) is 100 Å². The van der Waals surface area contributed by atoms with Gasteiger partial charge in [-0.05, 0) is 68.9 Å². The first kappa shape index (κ1) is 30.6. The molecule has 10 rings (SSSR count). The number of benzene rings is 8. The molecule has 0 unspecified atom stereocenters. The van der Waals surface area contributed by atoms with Crippen LogP contribution >= 0.6 is 0 Å². The molecule has 0 spiro atoms. The van der Waals surface area contributed by atoms with E-state index in [1.165, 1.54) is 10.8 Å². The van der Waals surface area contributed by atoms with Crippen LogP contribution < -0.4 is 0 Å². The normalized spacial score (nSPS) is 11.4. The summed E-state index contributed by atoms with van der Waals surface area (Å²) in [5, 5.41) is 4.49. The van der Waals surface area contributed by atoms with Gasteiger partial charge in [-0.1, -0.05) is 158 Å². The van der Waals surface area contributed by atoms with Gasteiger partial charge in [-0.2, -0.15) is 0 Å². The van der Waals surface area contributed by atoms with E-state index in [1.54, 1.807) is 0 Å². The lowest BCUT2D eigenvalue weighted by molar-refractivity contribution is 0.669. The molecule has 0 fully saturated rings. The Morgan fingerprint density at radius 2 is 0.868 bits per heavy atom. The summed E-state index contributed by atoms with van der Waals surface area (Å²) >= 11 is 0. The van der Waals surface area contributed by atoms with E-state index in [-0.39, 0.29) is 0 Å². The Hall–Kier alpha value is -7.17. The Balaban J connectivity index is 1.20. The Morgan fingerprint density at radius 3 is 1.68 bits per heavy atom. The molecule has 0 aliphatic carbocycles. The average Bonchev–Trinajstić information content (AvgIpc) is 3.62. The maximum atomic E-state index is 6.17. The summed E-state index contributed by atoms with van der Waals surface area (Å²) in [7, 11) is 0. The lowest BCUT2D eigenvalue weighted by Crippen LogP contribution is -2.02. The predicted molar refractivity (Wildman–Crippen MR) is 217 cm³/mol. The minimum atomic E-state index is 0.597. The summed E-state index contributed by atoms with van der Waals surface area (Å²) < 4.78 is 6.17. The number of nitrogens with zero attached hydrogens (tertiary/aromatic N) is 3. The smallest absolute Gasteiger partial charge is 0.164 e. The molecule has 2 aromatic heterocycles. The molecule has 8 aromatic carbocycles. The van der Waals surface area contributed by atoms with Crippen molar-refractivity contribution in [2.24, 2.45) is 0 Å². The highest BCUT2D eigenvalue weighted by Gasteiger charge is 2.20. The molecule has 0 N–H and O–H groups in total. The van der Waals surface area contributed by atoms with Crippen LogP contribution in [-0.4, -0.2) is 15.0 Å². The standard InChI is InChI=1S/C49H31N3O/c1-3-12-32(13-4-1)34-22-25-36(26-23-34)47-50-48(39-28-29-45-43(31-39)41-18-9-10-21-44(41)53-45)52-49(51-47)42-20-11-19-40(46(42)35-15-5-2-6-16-35)38-27-24-33-14-7-8-17-37(33)30-38/h1-31H. The minimum absolute atomic E-state index is 0.597. The van der Waals surface area contributed by atoms with Gasteiger partial charge in [0.1, 0.15) is 11.2 Å². The van der Waals surface area contributed by atoms with Crippen molar-refractivity contribution in [3.63, 3.8) is 0 Å². The molecular formula is C49H31N3O. The van der Waals surface area contributed by atoms with E-state index in [0.29, 0.717) is 17.5 Å². The first-order valence-electron chi connectivity index (χ1n) is 17.8. The number of hydrogen-bond acceptors (Lipinski definition) is 4. The van der Waals surface area contributed by atoms with Crippen molar-refractivity contribution in [3.05, 3.63) is 188 Å². The third-order valence-electron chi connectivity index (χ3n) is 9.95. The van der Waals surface area contributed by atoms with Crippen molar-refractivity contribution >= 4 is 32.7 Å². The van der Waals surface area contributed by atoms with Crippen LogP contribution in [0, 0.1) is 0 Å². The molecule has 0 aliphatic rings. The van der Waals surface area contributed by atoms with E-state index in [0.717, 1.165) is 72.0 Å².